The van der Waals surface area contributed by atoms with E-state index in [1.165, 1.54) is 64.2 Å². The lowest BCUT2D eigenvalue weighted by Crippen LogP contribution is -2.30. The molecule has 0 saturated carbocycles. The number of rotatable bonds is 56. The number of phosphoric ester groups is 2. The summed E-state index contributed by atoms with van der Waals surface area (Å²) in [5.74, 6) is -0.737. The number of aliphatic hydroxyl groups is 1. The maximum atomic E-state index is 12.9. The molecule has 2 unspecified atom stereocenters. The predicted octanol–water partition coefficient (Wildman–Crippen LogP) is 14.9. The number of carbonyl (C=O) groups is 4. The Bertz CT molecular complexity index is 1510. The molecule has 0 aromatic carbocycles. The molecule has 0 aliphatic rings. The van der Waals surface area contributed by atoms with Crippen LogP contribution in [0.1, 0.15) is 273 Å². The van der Waals surface area contributed by atoms with Crippen LogP contribution in [0.2, 0.25) is 0 Å². The van der Waals surface area contributed by atoms with Crippen molar-refractivity contribution in [3.63, 3.8) is 0 Å². The van der Waals surface area contributed by atoms with Gasteiger partial charge in [0, 0.05) is 25.7 Å². The van der Waals surface area contributed by atoms with Crippen molar-refractivity contribution < 1.29 is 80.2 Å². The summed E-state index contributed by atoms with van der Waals surface area (Å²) in [5, 5.41) is 10.5. The molecule has 76 heavy (non-hydrogen) atoms. The summed E-state index contributed by atoms with van der Waals surface area (Å²) in [7, 11) is -9.86. The lowest BCUT2D eigenvalue weighted by atomic mass is 10.0. The summed E-state index contributed by atoms with van der Waals surface area (Å²) in [4.78, 5) is 71.6. The highest BCUT2D eigenvalue weighted by molar-refractivity contribution is 7.47. The van der Waals surface area contributed by atoms with Gasteiger partial charge in [-0.15, -0.1) is 0 Å². The number of ether oxygens (including phenoxy) is 4. The van der Waals surface area contributed by atoms with Gasteiger partial charge >= 0.3 is 39.5 Å². The molecule has 0 amide bonds. The van der Waals surface area contributed by atoms with Crippen molar-refractivity contribution in [2.75, 3.05) is 39.6 Å². The second-order valence-electron chi connectivity index (χ2n) is 21.6. The van der Waals surface area contributed by atoms with Gasteiger partial charge in [-0.2, -0.15) is 0 Å². The Morgan fingerprint density at radius 1 is 0.355 bits per heavy atom. The van der Waals surface area contributed by atoms with E-state index < -0.39 is 97.5 Å². The molecule has 0 rings (SSSR count). The normalized spacial score (nSPS) is 14.5. The summed E-state index contributed by atoms with van der Waals surface area (Å²) < 4.78 is 67.5. The molecule has 0 aliphatic carbocycles. The predicted molar refractivity (Wildman–Crippen MR) is 298 cm³/mol. The summed E-state index contributed by atoms with van der Waals surface area (Å²) in [6.07, 6.45) is 29.7. The van der Waals surface area contributed by atoms with E-state index in [1.807, 2.05) is 0 Å². The zero-order valence-corrected chi connectivity index (χ0v) is 50.3. The summed E-state index contributed by atoms with van der Waals surface area (Å²) in [5.41, 5.74) is 0. The number of aliphatic hydroxyl groups excluding tert-OH is 1. The van der Waals surface area contributed by atoms with Crippen LogP contribution in [0.15, 0.2) is 0 Å². The molecule has 0 saturated heterocycles. The van der Waals surface area contributed by atoms with Crippen molar-refractivity contribution in [2.45, 2.75) is 291 Å². The molecule has 0 fully saturated rings. The molecular formula is C57H110O17P2. The highest BCUT2D eigenvalue weighted by atomic mass is 31.2. The topological polar surface area (TPSA) is 237 Å². The molecule has 0 bridgehead atoms. The van der Waals surface area contributed by atoms with Crippen LogP contribution in [0.3, 0.4) is 0 Å². The Kier molecular flexibility index (Phi) is 48.8. The van der Waals surface area contributed by atoms with Crippen LogP contribution in [-0.2, 0) is 65.4 Å². The van der Waals surface area contributed by atoms with Crippen LogP contribution in [0.25, 0.3) is 0 Å². The standard InChI is InChI=1S/C57H110O17P2/c1-7-9-11-13-15-21-29-35-41-56(61)73-52(45-67-54(59)39-33-27-19-14-12-10-8-2)47-71-75(63,64)69-43-51(58)44-70-76(65,66)72-48-53(46-68-55(60)40-34-28-24-23-26-32-38-50(5)6)74-57(62)42-36-30-22-18-16-17-20-25-31-37-49(3)4/h49-53,58H,7-48H2,1-6H3,(H,63,64)(H,65,66)/t51-,52+,53+/m0/s1. The maximum Gasteiger partial charge on any atom is 0.472 e. The first-order valence-electron chi connectivity index (χ1n) is 30.0. The SMILES string of the molecule is CCCCCCCCCCC(=O)O[C@H](COC(=O)CCCCCCCCC)COP(=O)(O)OC[C@H](O)COP(=O)(O)OC[C@@H](COC(=O)CCCCCCCCC(C)C)OC(=O)CCCCCCCCCCCC(C)C. The minimum atomic E-state index is -4.94. The monoisotopic (exact) mass is 1130 g/mol. The minimum Gasteiger partial charge on any atom is -0.462 e. The molecule has 0 heterocycles. The Balaban J connectivity index is 5.21. The molecular weight excluding hydrogens is 1020 g/mol. The van der Waals surface area contributed by atoms with Crippen molar-refractivity contribution >= 4 is 39.5 Å². The Labute approximate surface area is 460 Å². The van der Waals surface area contributed by atoms with Crippen LogP contribution < -0.4 is 0 Å². The lowest BCUT2D eigenvalue weighted by molar-refractivity contribution is -0.161. The quantitative estimate of drug-likeness (QED) is 0.0222. The molecule has 0 aromatic heterocycles. The molecule has 5 atom stereocenters. The molecule has 3 N–H and O–H groups in total. The van der Waals surface area contributed by atoms with Crippen LogP contribution in [0, 0.1) is 11.8 Å². The second kappa shape index (κ2) is 50.1. The van der Waals surface area contributed by atoms with E-state index in [-0.39, 0.29) is 25.7 Å². The largest absolute Gasteiger partial charge is 0.472 e. The van der Waals surface area contributed by atoms with Crippen LogP contribution in [0.4, 0.5) is 0 Å². The third-order valence-electron chi connectivity index (χ3n) is 13.0. The number of hydrogen-bond donors (Lipinski definition) is 3. The lowest BCUT2D eigenvalue weighted by Gasteiger charge is -2.21. The third-order valence-corrected chi connectivity index (χ3v) is 14.9. The molecule has 19 heteroatoms. The zero-order chi connectivity index (χ0) is 56.6. The molecule has 0 spiro atoms. The van der Waals surface area contributed by atoms with E-state index in [0.29, 0.717) is 31.6 Å². The zero-order valence-electron chi connectivity index (χ0n) is 48.5. The van der Waals surface area contributed by atoms with Crippen molar-refractivity contribution in [2.24, 2.45) is 11.8 Å². The Morgan fingerprint density at radius 2 is 0.605 bits per heavy atom. The number of phosphoric acid groups is 2. The maximum absolute atomic E-state index is 12.9. The van der Waals surface area contributed by atoms with Gasteiger partial charge in [-0.05, 0) is 37.5 Å². The Hall–Kier alpha value is -1.94. The fourth-order valence-electron chi connectivity index (χ4n) is 8.29. The van der Waals surface area contributed by atoms with Crippen LogP contribution >= 0.6 is 15.6 Å². The number of carbonyl (C=O) groups excluding carboxylic acids is 4. The van der Waals surface area contributed by atoms with Crippen LogP contribution in [-0.4, -0.2) is 96.7 Å². The second-order valence-corrected chi connectivity index (χ2v) is 24.5. The fraction of sp³-hybridized carbons (Fsp3) is 0.930. The molecule has 450 valence electrons. The summed E-state index contributed by atoms with van der Waals surface area (Å²) >= 11 is 0. The van der Waals surface area contributed by atoms with Crippen LogP contribution in [0.5, 0.6) is 0 Å². The minimum absolute atomic E-state index is 0.104. The average molecular weight is 1130 g/mol. The van der Waals surface area contributed by atoms with Gasteiger partial charge in [-0.25, -0.2) is 9.13 Å². The van der Waals surface area contributed by atoms with E-state index in [9.17, 15) is 43.2 Å². The molecule has 17 nitrogen and oxygen atoms in total. The first kappa shape index (κ1) is 74.1. The van der Waals surface area contributed by atoms with Crippen molar-refractivity contribution in [1.82, 2.24) is 0 Å². The number of unbranched alkanes of at least 4 members (excludes halogenated alkanes) is 26. The van der Waals surface area contributed by atoms with E-state index in [1.54, 1.807) is 0 Å². The molecule has 0 aromatic rings. The van der Waals surface area contributed by atoms with Crippen molar-refractivity contribution in [1.29, 1.82) is 0 Å². The van der Waals surface area contributed by atoms with E-state index >= 15 is 0 Å². The van der Waals surface area contributed by atoms with Crippen molar-refractivity contribution in [3.8, 4) is 0 Å². The number of esters is 4. The Morgan fingerprint density at radius 3 is 0.895 bits per heavy atom. The first-order valence-corrected chi connectivity index (χ1v) is 33.0. The summed E-state index contributed by atoms with van der Waals surface area (Å²) in [6.45, 7) is 9.26. The van der Waals surface area contributed by atoms with Gasteiger partial charge in [0.05, 0.1) is 26.4 Å². The van der Waals surface area contributed by atoms with E-state index in [4.69, 9.17) is 37.0 Å². The van der Waals surface area contributed by atoms with E-state index in [0.717, 1.165) is 121 Å². The highest BCUT2D eigenvalue weighted by Crippen LogP contribution is 2.45. The molecule has 0 aliphatic heterocycles. The average Bonchev–Trinajstić information content (AvgIpc) is 3.37. The fourth-order valence-corrected chi connectivity index (χ4v) is 9.87. The van der Waals surface area contributed by atoms with Gasteiger partial charge in [0.15, 0.2) is 12.2 Å². The van der Waals surface area contributed by atoms with Crippen molar-refractivity contribution in [3.05, 3.63) is 0 Å². The smallest absolute Gasteiger partial charge is 0.462 e. The third kappa shape index (κ3) is 51.5. The highest BCUT2D eigenvalue weighted by Gasteiger charge is 2.30. The molecule has 0 radical (unpaired) electrons. The van der Waals surface area contributed by atoms with Gasteiger partial charge < -0.3 is 33.8 Å². The van der Waals surface area contributed by atoms with Gasteiger partial charge in [-0.1, -0.05) is 221 Å². The van der Waals surface area contributed by atoms with Gasteiger partial charge in [-0.3, -0.25) is 37.3 Å². The number of hydrogen-bond acceptors (Lipinski definition) is 15. The van der Waals surface area contributed by atoms with Gasteiger partial charge in [0.1, 0.15) is 19.3 Å². The van der Waals surface area contributed by atoms with E-state index in [2.05, 4.69) is 41.5 Å². The van der Waals surface area contributed by atoms with Gasteiger partial charge in [0.2, 0.25) is 0 Å². The first-order chi connectivity index (χ1) is 36.4. The summed E-state index contributed by atoms with van der Waals surface area (Å²) in [6, 6.07) is 0. The van der Waals surface area contributed by atoms with Gasteiger partial charge in [0.25, 0.3) is 0 Å².